The molecule has 0 spiro atoms. The zero-order chi connectivity index (χ0) is 21.1. The van der Waals surface area contributed by atoms with Gasteiger partial charge in [-0.2, -0.15) is 0 Å². The SMILES string of the molecule is Cc1ccc(CC(=O)N2CCN(CCc3ccc4c(c3)CC(C)OC4=O)CC2)cn1. The second-order valence-electron chi connectivity index (χ2n) is 8.37. The number of cyclic esters (lactones) is 1. The molecule has 1 unspecified atom stereocenters. The van der Waals surface area contributed by atoms with Crippen molar-refractivity contribution >= 4 is 11.9 Å². The van der Waals surface area contributed by atoms with Gasteiger partial charge in [-0.25, -0.2) is 4.79 Å². The Kier molecular flexibility index (Phi) is 6.13. The first-order chi connectivity index (χ1) is 14.5. The molecule has 0 N–H and O–H groups in total. The molecule has 0 aliphatic carbocycles. The number of esters is 1. The van der Waals surface area contributed by atoms with Crippen LogP contribution in [0.5, 0.6) is 0 Å². The molecule has 3 heterocycles. The summed E-state index contributed by atoms with van der Waals surface area (Å²) in [6, 6.07) is 10.0. The quantitative estimate of drug-likeness (QED) is 0.713. The van der Waals surface area contributed by atoms with Crippen LogP contribution >= 0.6 is 0 Å². The first-order valence-electron chi connectivity index (χ1n) is 10.7. The molecule has 0 saturated carbocycles. The summed E-state index contributed by atoms with van der Waals surface area (Å²) in [7, 11) is 0. The fraction of sp³-hybridized carbons (Fsp3) is 0.458. The highest BCUT2D eigenvalue weighted by Crippen LogP contribution is 2.22. The Balaban J connectivity index is 1.25. The van der Waals surface area contributed by atoms with Crippen molar-refractivity contribution in [2.24, 2.45) is 0 Å². The summed E-state index contributed by atoms with van der Waals surface area (Å²) < 4.78 is 5.30. The third-order valence-corrected chi connectivity index (χ3v) is 5.97. The van der Waals surface area contributed by atoms with Gasteiger partial charge in [0.25, 0.3) is 0 Å². The maximum atomic E-state index is 12.6. The van der Waals surface area contributed by atoms with Crippen LogP contribution in [0, 0.1) is 6.92 Å². The van der Waals surface area contributed by atoms with Crippen molar-refractivity contribution in [3.63, 3.8) is 0 Å². The van der Waals surface area contributed by atoms with Crippen molar-refractivity contribution < 1.29 is 14.3 Å². The third kappa shape index (κ3) is 4.87. The number of nitrogens with zero attached hydrogens (tertiary/aromatic N) is 3. The fourth-order valence-electron chi connectivity index (χ4n) is 4.17. The van der Waals surface area contributed by atoms with Gasteiger partial charge < -0.3 is 9.64 Å². The topological polar surface area (TPSA) is 62.7 Å². The van der Waals surface area contributed by atoms with E-state index in [9.17, 15) is 9.59 Å². The zero-order valence-electron chi connectivity index (χ0n) is 17.8. The van der Waals surface area contributed by atoms with E-state index >= 15 is 0 Å². The van der Waals surface area contributed by atoms with Gasteiger partial charge in [0.05, 0.1) is 12.0 Å². The molecule has 0 bridgehead atoms. The second-order valence-corrected chi connectivity index (χ2v) is 8.37. The molecule has 158 valence electrons. The molecule has 1 saturated heterocycles. The van der Waals surface area contributed by atoms with Gasteiger partial charge in [0.2, 0.25) is 5.91 Å². The van der Waals surface area contributed by atoms with Crippen LogP contribution in [-0.4, -0.2) is 65.5 Å². The first kappa shape index (κ1) is 20.5. The van der Waals surface area contributed by atoms with Gasteiger partial charge in [0.1, 0.15) is 6.10 Å². The van der Waals surface area contributed by atoms with E-state index in [-0.39, 0.29) is 18.0 Å². The van der Waals surface area contributed by atoms with Crippen molar-refractivity contribution in [2.75, 3.05) is 32.7 Å². The van der Waals surface area contributed by atoms with E-state index in [1.807, 2.05) is 43.0 Å². The number of hydrogen-bond donors (Lipinski definition) is 0. The van der Waals surface area contributed by atoms with E-state index in [1.165, 1.54) is 5.56 Å². The van der Waals surface area contributed by atoms with Gasteiger partial charge in [-0.3, -0.25) is 14.7 Å². The molecular weight excluding hydrogens is 378 g/mol. The summed E-state index contributed by atoms with van der Waals surface area (Å²) in [5.41, 5.74) is 4.98. The third-order valence-electron chi connectivity index (χ3n) is 5.97. The van der Waals surface area contributed by atoms with Crippen LogP contribution in [0.15, 0.2) is 36.5 Å². The minimum absolute atomic E-state index is 0.0541. The number of hydrogen-bond acceptors (Lipinski definition) is 5. The van der Waals surface area contributed by atoms with Crippen molar-refractivity contribution in [2.45, 2.75) is 39.2 Å². The van der Waals surface area contributed by atoms with Gasteiger partial charge in [-0.1, -0.05) is 18.2 Å². The fourth-order valence-corrected chi connectivity index (χ4v) is 4.17. The van der Waals surface area contributed by atoms with Crippen LogP contribution in [0.2, 0.25) is 0 Å². The van der Waals surface area contributed by atoms with Crippen LogP contribution in [0.4, 0.5) is 0 Å². The number of piperazine rings is 1. The summed E-state index contributed by atoms with van der Waals surface area (Å²) in [6.45, 7) is 8.17. The Morgan fingerprint density at radius 3 is 2.63 bits per heavy atom. The Morgan fingerprint density at radius 1 is 1.13 bits per heavy atom. The molecule has 1 aromatic heterocycles. The Morgan fingerprint density at radius 2 is 1.90 bits per heavy atom. The number of carbonyl (C=O) groups excluding carboxylic acids is 2. The number of aromatic nitrogens is 1. The van der Waals surface area contributed by atoms with E-state index in [4.69, 9.17) is 4.74 Å². The Hall–Kier alpha value is -2.73. The van der Waals surface area contributed by atoms with E-state index in [0.717, 1.165) is 62.4 Å². The highest BCUT2D eigenvalue weighted by atomic mass is 16.5. The highest BCUT2D eigenvalue weighted by molar-refractivity contribution is 5.92. The normalized spacial score (nSPS) is 19.3. The average Bonchev–Trinajstić information content (AvgIpc) is 2.74. The standard InChI is InChI=1S/C24H29N3O3/c1-17-3-4-20(16-25-17)15-23(28)27-11-9-26(10-12-27)8-7-19-5-6-22-21(14-19)13-18(2)30-24(22)29/h3-6,14,16,18H,7-13,15H2,1-2H3. The van der Waals surface area contributed by atoms with E-state index < -0.39 is 0 Å². The number of aryl methyl sites for hydroxylation is 1. The lowest BCUT2D eigenvalue weighted by atomic mass is 9.96. The van der Waals surface area contributed by atoms with Crippen LogP contribution in [0.25, 0.3) is 0 Å². The van der Waals surface area contributed by atoms with Crippen molar-refractivity contribution in [3.05, 3.63) is 64.5 Å². The number of benzene rings is 1. The van der Waals surface area contributed by atoms with E-state index in [2.05, 4.69) is 16.0 Å². The lowest BCUT2D eigenvalue weighted by Gasteiger charge is -2.35. The van der Waals surface area contributed by atoms with Crippen LogP contribution in [-0.2, 0) is 28.8 Å². The zero-order valence-corrected chi connectivity index (χ0v) is 17.8. The maximum Gasteiger partial charge on any atom is 0.338 e. The minimum atomic E-state index is -0.211. The molecule has 6 nitrogen and oxygen atoms in total. The molecule has 4 rings (SSSR count). The lowest BCUT2D eigenvalue weighted by molar-refractivity contribution is -0.132. The Labute approximate surface area is 177 Å². The minimum Gasteiger partial charge on any atom is -0.459 e. The highest BCUT2D eigenvalue weighted by Gasteiger charge is 2.24. The molecular formula is C24H29N3O3. The van der Waals surface area contributed by atoms with Gasteiger partial charge in [0, 0.05) is 51.0 Å². The van der Waals surface area contributed by atoms with Crippen LogP contribution in [0.1, 0.15) is 39.7 Å². The average molecular weight is 408 g/mol. The molecule has 1 atom stereocenters. The summed E-state index contributed by atoms with van der Waals surface area (Å²) in [4.78, 5) is 33.2. The Bertz CT molecular complexity index is 918. The molecule has 1 aromatic carbocycles. The first-order valence-corrected chi connectivity index (χ1v) is 10.7. The van der Waals surface area contributed by atoms with Crippen LogP contribution < -0.4 is 0 Å². The molecule has 30 heavy (non-hydrogen) atoms. The van der Waals surface area contributed by atoms with Crippen molar-refractivity contribution in [1.82, 2.24) is 14.8 Å². The van der Waals surface area contributed by atoms with Crippen molar-refractivity contribution in [1.29, 1.82) is 0 Å². The number of fused-ring (bicyclic) bond motifs is 1. The van der Waals surface area contributed by atoms with E-state index in [0.29, 0.717) is 12.0 Å². The molecule has 2 aliphatic heterocycles. The smallest absolute Gasteiger partial charge is 0.338 e. The number of pyridine rings is 1. The predicted molar refractivity (Wildman–Crippen MR) is 114 cm³/mol. The lowest BCUT2D eigenvalue weighted by Crippen LogP contribution is -2.49. The van der Waals surface area contributed by atoms with Crippen LogP contribution in [0.3, 0.4) is 0 Å². The maximum absolute atomic E-state index is 12.6. The van der Waals surface area contributed by atoms with Gasteiger partial charge >= 0.3 is 5.97 Å². The van der Waals surface area contributed by atoms with Gasteiger partial charge in [0.15, 0.2) is 0 Å². The van der Waals surface area contributed by atoms with Crippen molar-refractivity contribution in [3.8, 4) is 0 Å². The molecule has 1 amide bonds. The molecule has 0 radical (unpaired) electrons. The second kappa shape index (κ2) is 8.96. The molecule has 6 heteroatoms. The monoisotopic (exact) mass is 407 g/mol. The summed E-state index contributed by atoms with van der Waals surface area (Å²) >= 11 is 0. The molecule has 1 fully saturated rings. The van der Waals surface area contributed by atoms with E-state index in [1.54, 1.807) is 6.20 Å². The summed E-state index contributed by atoms with van der Waals surface area (Å²) in [5.74, 6) is -0.0338. The summed E-state index contributed by atoms with van der Waals surface area (Å²) in [5, 5.41) is 0. The predicted octanol–water partition coefficient (Wildman–Crippen LogP) is 2.42. The molecule has 2 aliphatic rings. The largest absolute Gasteiger partial charge is 0.459 e. The number of amides is 1. The summed E-state index contributed by atoms with van der Waals surface area (Å²) in [6.07, 6.45) is 3.89. The van der Waals surface area contributed by atoms with Gasteiger partial charge in [-0.15, -0.1) is 0 Å². The molecule has 2 aromatic rings. The van der Waals surface area contributed by atoms with Gasteiger partial charge in [-0.05, 0) is 49.1 Å². The number of rotatable bonds is 5. The number of ether oxygens (including phenoxy) is 1. The number of carbonyl (C=O) groups is 2.